The van der Waals surface area contributed by atoms with Gasteiger partial charge in [0.15, 0.2) is 0 Å². The van der Waals surface area contributed by atoms with Gasteiger partial charge < -0.3 is 10.6 Å². The molecular weight excluding hydrogens is 260 g/mol. The molecule has 0 aliphatic carbocycles. The highest BCUT2D eigenvalue weighted by Gasteiger charge is 2.07. The van der Waals surface area contributed by atoms with Crippen LogP contribution in [-0.2, 0) is 11.3 Å². The predicted octanol–water partition coefficient (Wildman–Crippen LogP) is 1.43. The number of amides is 1. The van der Waals surface area contributed by atoms with Crippen LogP contribution in [0.4, 0.5) is 0 Å². The van der Waals surface area contributed by atoms with E-state index >= 15 is 0 Å². The molecule has 0 radical (unpaired) electrons. The van der Waals surface area contributed by atoms with Gasteiger partial charge in [0.05, 0.1) is 6.54 Å². The van der Waals surface area contributed by atoms with Gasteiger partial charge in [-0.2, -0.15) is 0 Å². The van der Waals surface area contributed by atoms with Crippen molar-refractivity contribution in [2.24, 2.45) is 0 Å². The molecule has 100 valence electrons. The van der Waals surface area contributed by atoms with Crippen LogP contribution in [0, 0.1) is 0 Å². The maximum atomic E-state index is 11.5. The summed E-state index contributed by atoms with van der Waals surface area (Å²) < 4.78 is 0. The summed E-state index contributed by atoms with van der Waals surface area (Å²) in [6, 6.07) is 9.89. The lowest BCUT2D eigenvalue weighted by Gasteiger charge is -2.01. The average Bonchev–Trinajstić information content (AvgIpc) is 2.93. The van der Waals surface area contributed by atoms with Crippen molar-refractivity contribution in [3.63, 3.8) is 0 Å². The van der Waals surface area contributed by atoms with E-state index in [1.807, 2.05) is 37.4 Å². The number of rotatable bonds is 6. The molecule has 0 spiro atoms. The van der Waals surface area contributed by atoms with E-state index < -0.39 is 0 Å². The maximum Gasteiger partial charge on any atom is 0.221 e. The number of hydrogen-bond donors (Lipinski definition) is 2. The van der Waals surface area contributed by atoms with Crippen LogP contribution in [0.25, 0.3) is 10.6 Å². The fraction of sp³-hybridized carbons (Fsp3) is 0.308. The first-order valence-corrected chi connectivity index (χ1v) is 6.90. The lowest BCUT2D eigenvalue weighted by molar-refractivity contribution is -0.121. The van der Waals surface area contributed by atoms with Crippen LogP contribution in [0.5, 0.6) is 0 Å². The first-order valence-electron chi connectivity index (χ1n) is 6.08. The molecule has 0 atom stereocenters. The monoisotopic (exact) mass is 276 g/mol. The zero-order valence-electron chi connectivity index (χ0n) is 10.7. The van der Waals surface area contributed by atoms with Gasteiger partial charge in [-0.05, 0) is 7.05 Å². The van der Waals surface area contributed by atoms with Crippen LogP contribution >= 0.6 is 11.3 Å². The van der Waals surface area contributed by atoms with Crippen molar-refractivity contribution in [2.45, 2.75) is 13.0 Å². The van der Waals surface area contributed by atoms with Crippen LogP contribution in [-0.4, -0.2) is 29.7 Å². The van der Waals surface area contributed by atoms with Gasteiger partial charge in [-0.15, -0.1) is 10.2 Å². The van der Waals surface area contributed by atoms with Crippen molar-refractivity contribution < 1.29 is 4.79 Å². The molecule has 19 heavy (non-hydrogen) atoms. The van der Waals surface area contributed by atoms with Gasteiger partial charge in [-0.25, -0.2) is 0 Å². The summed E-state index contributed by atoms with van der Waals surface area (Å²) in [5.74, 6) is 0.0193. The van der Waals surface area contributed by atoms with Gasteiger partial charge in [0.1, 0.15) is 10.0 Å². The second-order valence-corrected chi connectivity index (χ2v) is 5.06. The Morgan fingerprint density at radius 1 is 1.26 bits per heavy atom. The normalized spacial score (nSPS) is 10.4. The minimum atomic E-state index is 0.0193. The van der Waals surface area contributed by atoms with Crippen LogP contribution < -0.4 is 10.6 Å². The summed E-state index contributed by atoms with van der Waals surface area (Å²) in [6.07, 6.45) is 0.473. The molecule has 1 heterocycles. The molecule has 0 fully saturated rings. The molecule has 6 heteroatoms. The van der Waals surface area contributed by atoms with E-state index in [0.717, 1.165) is 15.6 Å². The molecule has 0 unspecified atom stereocenters. The maximum absolute atomic E-state index is 11.5. The number of nitrogens with zero attached hydrogens (tertiary/aromatic N) is 2. The van der Waals surface area contributed by atoms with Gasteiger partial charge in [0.25, 0.3) is 0 Å². The van der Waals surface area contributed by atoms with E-state index in [4.69, 9.17) is 0 Å². The van der Waals surface area contributed by atoms with E-state index in [0.29, 0.717) is 19.5 Å². The number of carbonyl (C=O) groups is 1. The Hall–Kier alpha value is -1.79. The summed E-state index contributed by atoms with van der Waals surface area (Å²) >= 11 is 1.50. The zero-order valence-corrected chi connectivity index (χ0v) is 11.5. The quantitative estimate of drug-likeness (QED) is 0.837. The van der Waals surface area contributed by atoms with Crippen LogP contribution in [0.3, 0.4) is 0 Å². The van der Waals surface area contributed by atoms with E-state index in [1.165, 1.54) is 11.3 Å². The average molecular weight is 276 g/mol. The molecule has 0 aliphatic rings. The predicted molar refractivity (Wildman–Crippen MR) is 75.7 cm³/mol. The van der Waals surface area contributed by atoms with E-state index in [1.54, 1.807) is 0 Å². The van der Waals surface area contributed by atoms with E-state index in [-0.39, 0.29) is 5.91 Å². The third-order valence-corrected chi connectivity index (χ3v) is 3.50. The van der Waals surface area contributed by atoms with Gasteiger partial charge >= 0.3 is 0 Å². The largest absolute Gasteiger partial charge is 0.349 e. The second kappa shape index (κ2) is 6.96. The van der Waals surface area contributed by atoms with Crippen molar-refractivity contribution in [3.05, 3.63) is 35.3 Å². The van der Waals surface area contributed by atoms with Crippen molar-refractivity contribution in [1.29, 1.82) is 0 Å². The molecular formula is C13H16N4OS. The SMILES string of the molecule is CNCCC(=O)NCc1nnc(-c2ccccc2)s1. The molecule has 1 aromatic carbocycles. The summed E-state index contributed by atoms with van der Waals surface area (Å²) in [7, 11) is 1.82. The number of aromatic nitrogens is 2. The van der Waals surface area contributed by atoms with Crippen molar-refractivity contribution in [2.75, 3.05) is 13.6 Å². The Kier molecular flexibility index (Phi) is 5.00. The highest BCUT2D eigenvalue weighted by molar-refractivity contribution is 7.14. The third kappa shape index (κ3) is 4.11. The van der Waals surface area contributed by atoms with E-state index in [2.05, 4.69) is 20.8 Å². The minimum absolute atomic E-state index is 0.0193. The number of benzene rings is 1. The number of nitrogens with one attached hydrogen (secondary N) is 2. The summed E-state index contributed by atoms with van der Waals surface area (Å²) in [5, 5.41) is 15.7. The van der Waals surface area contributed by atoms with Crippen molar-refractivity contribution >= 4 is 17.2 Å². The lowest BCUT2D eigenvalue weighted by atomic mass is 10.2. The summed E-state index contributed by atoms with van der Waals surface area (Å²) in [5.41, 5.74) is 1.05. The molecule has 1 amide bonds. The Morgan fingerprint density at radius 3 is 2.79 bits per heavy atom. The molecule has 2 rings (SSSR count). The molecule has 5 nitrogen and oxygen atoms in total. The van der Waals surface area contributed by atoms with Gasteiger partial charge in [0, 0.05) is 18.5 Å². The smallest absolute Gasteiger partial charge is 0.221 e. The van der Waals surface area contributed by atoms with Crippen LogP contribution in [0.2, 0.25) is 0 Å². The summed E-state index contributed by atoms with van der Waals surface area (Å²) in [6.45, 7) is 1.12. The highest BCUT2D eigenvalue weighted by Crippen LogP contribution is 2.22. The Labute approximate surface area is 116 Å². The van der Waals surface area contributed by atoms with Crippen LogP contribution in [0.15, 0.2) is 30.3 Å². The van der Waals surface area contributed by atoms with Gasteiger partial charge in [-0.3, -0.25) is 4.79 Å². The fourth-order valence-corrected chi connectivity index (χ4v) is 2.31. The topological polar surface area (TPSA) is 66.9 Å². The molecule has 1 aromatic heterocycles. The molecule has 2 aromatic rings. The standard InChI is InChI=1S/C13H16N4OS/c1-14-8-7-11(18)15-9-12-16-17-13(19-12)10-5-3-2-4-6-10/h2-6,14H,7-9H2,1H3,(H,15,18). The van der Waals surface area contributed by atoms with E-state index in [9.17, 15) is 4.79 Å². The molecule has 0 saturated carbocycles. The third-order valence-electron chi connectivity index (χ3n) is 2.53. The fourth-order valence-electron chi connectivity index (χ4n) is 1.52. The lowest BCUT2D eigenvalue weighted by Crippen LogP contribution is -2.25. The first-order chi connectivity index (χ1) is 9.29. The van der Waals surface area contributed by atoms with Crippen molar-refractivity contribution in [3.8, 4) is 10.6 Å². The van der Waals surface area contributed by atoms with Crippen LogP contribution in [0.1, 0.15) is 11.4 Å². The summed E-state index contributed by atoms with van der Waals surface area (Å²) in [4.78, 5) is 11.5. The minimum Gasteiger partial charge on any atom is -0.349 e. The van der Waals surface area contributed by atoms with Gasteiger partial charge in [-0.1, -0.05) is 41.7 Å². The molecule has 0 bridgehead atoms. The number of carbonyl (C=O) groups excluding carboxylic acids is 1. The highest BCUT2D eigenvalue weighted by atomic mass is 32.1. The first kappa shape index (κ1) is 13.6. The van der Waals surface area contributed by atoms with Gasteiger partial charge in [0.2, 0.25) is 5.91 Å². The molecule has 0 aliphatic heterocycles. The van der Waals surface area contributed by atoms with Crippen molar-refractivity contribution in [1.82, 2.24) is 20.8 Å². The Balaban J connectivity index is 1.90. The zero-order chi connectivity index (χ0) is 13.5. The molecule has 0 saturated heterocycles. The Bertz CT molecular complexity index is 526. The second-order valence-electron chi connectivity index (χ2n) is 4.00. The number of hydrogen-bond acceptors (Lipinski definition) is 5. The Morgan fingerprint density at radius 2 is 2.05 bits per heavy atom. The molecule has 2 N–H and O–H groups in total.